The van der Waals surface area contributed by atoms with Gasteiger partial charge < -0.3 is 14.1 Å². The summed E-state index contributed by atoms with van der Waals surface area (Å²) in [5, 5.41) is 0. The molecule has 5 heteroatoms. The third-order valence-corrected chi connectivity index (χ3v) is 5.22. The normalized spacial score (nSPS) is 23.0. The van der Waals surface area contributed by atoms with Crippen LogP contribution in [0.2, 0.25) is 0 Å². The van der Waals surface area contributed by atoms with Gasteiger partial charge in [0.1, 0.15) is 11.9 Å². The summed E-state index contributed by atoms with van der Waals surface area (Å²) in [7, 11) is 0. The molecule has 1 fully saturated rings. The molecule has 2 heterocycles. The van der Waals surface area contributed by atoms with Crippen molar-refractivity contribution in [1.82, 2.24) is 4.90 Å². The number of amides is 1. The lowest BCUT2D eigenvalue weighted by atomic mass is 9.94. The quantitative estimate of drug-likeness (QED) is 0.826. The van der Waals surface area contributed by atoms with Crippen LogP contribution in [0.1, 0.15) is 63.7 Å². The van der Waals surface area contributed by atoms with Crippen molar-refractivity contribution in [2.24, 2.45) is 0 Å². The Morgan fingerprint density at radius 1 is 1.15 bits per heavy atom. The summed E-state index contributed by atoms with van der Waals surface area (Å²) >= 11 is 0. The predicted molar refractivity (Wildman–Crippen MR) is 96.3 cm³/mol. The predicted octanol–water partition coefficient (Wildman–Crippen LogP) is 3.71. The van der Waals surface area contributed by atoms with Crippen molar-refractivity contribution in [3.8, 4) is 0 Å². The number of rotatable bonds is 2. The lowest BCUT2D eigenvalue weighted by molar-refractivity contribution is -0.0697. The molecule has 1 aliphatic carbocycles. The Hall–Kier alpha value is -2.40. The first-order chi connectivity index (χ1) is 12.5. The Morgan fingerprint density at radius 3 is 2.65 bits per heavy atom. The van der Waals surface area contributed by atoms with Crippen molar-refractivity contribution in [2.45, 2.75) is 45.3 Å². The van der Waals surface area contributed by atoms with Crippen LogP contribution in [0.15, 0.2) is 34.7 Å². The first kappa shape index (κ1) is 17.0. The molecule has 0 N–H and O–H groups in total. The van der Waals surface area contributed by atoms with E-state index in [2.05, 4.69) is 0 Å². The topological polar surface area (TPSA) is 59.8 Å². The number of ketones is 1. The molecule has 26 heavy (non-hydrogen) atoms. The highest BCUT2D eigenvalue weighted by Crippen LogP contribution is 2.32. The lowest BCUT2D eigenvalue weighted by Crippen LogP contribution is -2.46. The lowest BCUT2D eigenvalue weighted by Gasteiger charge is -2.36. The van der Waals surface area contributed by atoms with Crippen LogP contribution >= 0.6 is 0 Å². The van der Waals surface area contributed by atoms with Crippen molar-refractivity contribution >= 4 is 11.7 Å². The molecule has 5 nitrogen and oxygen atoms in total. The molecule has 4 rings (SSSR count). The molecule has 1 aliphatic heterocycles. The summed E-state index contributed by atoms with van der Waals surface area (Å²) in [4.78, 5) is 27.1. The maximum atomic E-state index is 13.1. The van der Waals surface area contributed by atoms with Gasteiger partial charge in [0.05, 0.1) is 18.2 Å². The van der Waals surface area contributed by atoms with Gasteiger partial charge in [-0.2, -0.15) is 0 Å². The molecule has 0 unspecified atom stereocenters. The smallest absolute Gasteiger partial charge is 0.290 e. The number of benzene rings is 1. The van der Waals surface area contributed by atoms with E-state index in [0.29, 0.717) is 42.2 Å². The van der Waals surface area contributed by atoms with Gasteiger partial charge in [-0.1, -0.05) is 30.3 Å². The van der Waals surface area contributed by atoms with E-state index in [0.717, 1.165) is 18.4 Å². The summed E-state index contributed by atoms with van der Waals surface area (Å²) in [6.07, 6.45) is 1.82. The zero-order chi connectivity index (χ0) is 18.3. The highest BCUT2D eigenvalue weighted by atomic mass is 16.5. The number of nitrogens with zero attached hydrogens (tertiary/aromatic N) is 1. The second kappa shape index (κ2) is 6.72. The van der Waals surface area contributed by atoms with E-state index in [1.807, 2.05) is 44.2 Å². The standard InChI is InChI=1S/C21H23NO4/c1-13-11-22(12-18(25-13)15-7-4-3-5-8-15)21(24)20-14(2)19-16(23)9-6-10-17(19)26-20/h3-5,7-8,13,18H,6,9-12H2,1-2H3/t13-,18+/m1/s1. The molecule has 0 spiro atoms. The zero-order valence-corrected chi connectivity index (χ0v) is 15.2. The average Bonchev–Trinajstić information content (AvgIpc) is 2.99. The van der Waals surface area contributed by atoms with Gasteiger partial charge >= 0.3 is 0 Å². The van der Waals surface area contributed by atoms with Crippen molar-refractivity contribution < 1.29 is 18.7 Å². The van der Waals surface area contributed by atoms with Gasteiger partial charge in [-0.15, -0.1) is 0 Å². The first-order valence-corrected chi connectivity index (χ1v) is 9.19. The van der Waals surface area contributed by atoms with Crippen LogP contribution in [0.25, 0.3) is 0 Å². The second-order valence-electron chi connectivity index (χ2n) is 7.19. The van der Waals surface area contributed by atoms with Crippen LogP contribution in [-0.4, -0.2) is 35.8 Å². The molecule has 1 saturated heterocycles. The second-order valence-corrected chi connectivity index (χ2v) is 7.19. The minimum atomic E-state index is -0.157. The summed E-state index contributed by atoms with van der Waals surface area (Å²) in [5.74, 6) is 0.916. The highest BCUT2D eigenvalue weighted by molar-refractivity contribution is 6.03. The van der Waals surface area contributed by atoms with Crippen molar-refractivity contribution in [1.29, 1.82) is 0 Å². The number of hydrogen-bond donors (Lipinski definition) is 0. The number of hydrogen-bond acceptors (Lipinski definition) is 4. The number of furan rings is 1. The van der Waals surface area contributed by atoms with Crippen molar-refractivity contribution in [3.05, 3.63) is 58.5 Å². The van der Waals surface area contributed by atoms with Crippen LogP contribution in [0.3, 0.4) is 0 Å². The summed E-state index contributed by atoms with van der Waals surface area (Å²) in [6.45, 7) is 4.78. The molecular weight excluding hydrogens is 330 g/mol. The number of Topliss-reactive ketones (excluding diaryl/α,β-unsaturated/α-hetero) is 1. The largest absolute Gasteiger partial charge is 0.455 e. The van der Waals surface area contributed by atoms with Gasteiger partial charge in [0, 0.05) is 24.9 Å². The molecule has 1 amide bonds. The molecule has 2 aromatic rings. The van der Waals surface area contributed by atoms with Gasteiger partial charge in [-0.3, -0.25) is 9.59 Å². The maximum absolute atomic E-state index is 13.1. The van der Waals surface area contributed by atoms with E-state index >= 15 is 0 Å². The number of fused-ring (bicyclic) bond motifs is 1. The Kier molecular flexibility index (Phi) is 4.41. The van der Waals surface area contributed by atoms with E-state index < -0.39 is 0 Å². The van der Waals surface area contributed by atoms with E-state index in [9.17, 15) is 9.59 Å². The SMILES string of the molecule is Cc1c(C(=O)N2C[C@@H](C)O[C@H](c3ccccc3)C2)oc2c1C(=O)CCC2. The number of morpholine rings is 1. The van der Waals surface area contributed by atoms with Gasteiger partial charge in [0.2, 0.25) is 0 Å². The van der Waals surface area contributed by atoms with E-state index in [4.69, 9.17) is 9.15 Å². The van der Waals surface area contributed by atoms with Crippen molar-refractivity contribution in [3.63, 3.8) is 0 Å². The molecule has 0 bridgehead atoms. The van der Waals surface area contributed by atoms with Crippen LogP contribution < -0.4 is 0 Å². The Balaban J connectivity index is 1.61. The average molecular weight is 353 g/mol. The van der Waals surface area contributed by atoms with Crippen LogP contribution in [0.4, 0.5) is 0 Å². The number of carbonyl (C=O) groups is 2. The van der Waals surface area contributed by atoms with Crippen LogP contribution in [-0.2, 0) is 11.2 Å². The molecule has 0 saturated carbocycles. The summed E-state index contributed by atoms with van der Waals surface area (Å²) in [6, 6.07) is 9.94. The molecule has 2 atom stereocenters. The van der Waals surface area contributed by atoms with Gasteiger partial charge in [0.25, 0.3) is 5.91 Å². The molecule has 0 radical (unpaired) electrons. The molecule has 1 aromatic carbocycles. The monoisotopic (exact) mass is 353 g/mol. The first-order valence-electron chi connectivity index (χ1n) is 9.19. The Bertz CT molecular complexity index is 839. The maximum Gasteiger partial charge on any atom is 0.290 e. The Labute approximate surface area is 152 Å². The molecule has 1 aromatic heterocycles. The third kappa shape index (κ3) is 2.97. The highest BCUT2D eigenvalue weighted by Gasteiger charge is 2.34. The van der Waals surface area contributed by atoms with Crippen LogP contribution in [0.5, 0.6) is 0 Å². The van der Waals surface area contributed by atoms with Gasteiger partial charge in [-0.05, 0) is 25.8 Å². The van der Waals surface area contributed by atoms with Gasteiger partial charge in [-0.25, -0.2) is 0 Å². The van der Waals surface area contributed by atoms with E-state index in [1.54, 1.807) is 4.90 Å². The van der Waals surface area contributed by atoms with E-state index in [-0.39, 0.29) is 23.9 Å². The number of carbonyl (C=O) groups excluding carboxylic acids is 2. The fraction of sp³-hybridized carbons (Fsp3) is 0.429. The number of aryl methyl sites for hydroxylation is 1. The fourth-order valence-electron chi connectivity index (χ4n) is 3.97. The fourth-order valence-corrected chi connectivity index (χ4v) is 3.97. The molecule has 136 valence electrons. The molecule has 2 aliphatic rings. The minimum absolute atomic E-state index is 0.0653. The summed E-state index contributed by atoms with van der Waals surface area (Å²) < 4.78 is 11.9. The minimum Gasteiger partial charge on any atom is -0.455 e. The third-order valence-electron chi connectivity index (χ3n) is 5.22. The number of ether oxygens (including phenoxy) is 1. The summed E-state index contributed by atoms with van der Waals surface area (Å²) in [5.41, 5.74) is 2.37. The van der Waals surface area contributed by atoms with Gasteiger partial charge in [0.15, 0.2) is 11.5 Å². The van der Waals surface area contributed by atoms with Crippen molar-refractivity contribution in [2.75, 3.05) is 13.1 Å². The Morgan fingerprint density at radius 2 is 1.92 bits per heavy atom. The van der Waals surface area contributed by atoms with E-state index in [1.165, 1.54) is 0 Å². The van der Waals surface area contributed by atoms with Crippen LogP contribution in [0, 0.1) is 6.92 Å². The zero-order valence-electron chi connectivity index (χ0n) is 15.2. The molecular formula is C21H23NO4.